The minimum Gasteiger partial charge on any atom is -0.369 e. The van der Waals surface area contributed by atoms with Crippen LogP contribution in [0.1, 0.15) is 26.7 Å². The molecule has 0 amide bonds. The van der Waals surface area contributed by atoms with Crippen LogP contribution in [-0.4, -0.2) is 16.5 Å². The molecule has 0 spiro atoms. The zero-order chi connectivity index (χ0) is 13.5. The van der Waals surface area contributed by atoms with Crippen molar-refractivity contribution >= 4 is 28.3 Å². The van der Waals surface area contributed by atoms with E-state index in [1.165, 1.54) is 12.8 Å². The van der Waals surface area contributed by atoms with Gasteiger partial charge in [0.1, 0.15) is 5.82 Å². The van der Waals surface area contributed by atoms with Crippen molar-refractivity contribution in [3.63, 3.8) is 0 Å². The highest BCUT2D eigenvalue weighted by Gasteiger charge is 2.45. The number of para-hydroxylation sites is 1. The molecule has 0 unspecified atom stereocenters. The molecule has 1 fully saturated rings. The number of hydrogen-bond donors (Lipinski definition) is 1. The third-order valence-corrected chi connectivity index (χ3v) is 4.47. The molecule has 2 aromatic rings. The van der Waals surface area contributed by atoms with Gasteiger partial charge in [0.15, 0.2) is 0 Å². The van der Waals surface area contributed by atoms with Crippen molar-refractivity contribution in [3.8, 4) is 0 Å². The van der Waals surface area contributed by atoms with Crippen molar-refractivity contribution in [1.29, 1.82) is 0 Å². The van der Waals surface area contributed by atoms with Crippen LogP contribution in [0, 0.1) is 11.3 Å². The Morgan fingerprint density at radius 1 is 1.26 bits per heavy atom. The zero-order valence-corrected chi connectivity index (χ0v) is 12.0. The van der Waals surface area contributed by atoms with Gasteiger partial charge in [0.2, 0.25) is 5.28 Å². The second kappa shape index (κ2) is 4.64. The van der Waals surface area contributed by atoms with Crippen LogP contribution in [0.5, 0.6) is 0 Å². The molecule has 3 nitrogen and oxygen atoms in total. The molecular weight excluding hydrogens is 258 g/mol. The van der Waals surface area contributed by atoms with Crippen LogP contribution in [-0.2, 0) is 0 Å². The largest absolute Gasteiger partial charge is 0.369 e. The molecule has 0 saturated heterocycles. The molecule has 0 atom stereocenters. The molecule has 1 aliphatic rings. The van der Waals surface area contributed by atoms with Gasteiger partial charge in [0.05, 0.1) is 5.52 Å². The molecule has 19 heavy (non-hydrogen) atoms. The molecule has 0 radical (unpaired) electrons. The molecule has 0 bridgehead atoms. The second-order valence-corrected chi connectivity index (χ2v) is 6.07. The molecule has 100 valence electrons. The number of fused-ring (bicyclic) bond motifs is 1. The van der Waals surface area contributed by atoms with Gasteiger partial charge in [-0.1, -0.05) is 26.0 Å². The van der Waals surface area contributed by atoms with Gasteiger partial charge in [0.25, 0.3) is 0 Å². The normalized spacial score (nSPS) is 16.8. The number of benzene rings is 1. The lowest BCUT2D eigenvalue weighted by molar-refractivity contribution is 0.380. The first-order chi connectivity index (χ1) is 9.11. The first-order valence-electron chi connectivity index (χ1n) is 6.77. The molecule has 1 heterocycles. The fourth-order valence-electron chi connectivity index (χ4n) is 2.56. The Kier molecular flexibility index (Phi) is 3.09. The monoisotopic (exact) mass is 275 g/mol. The summed E-state index contributed by atoms with van der Waals surface area (Å²) in [5, 5.41) is 4.81. The average molecular weight is 276 g/mol. The molecule has 1 aliphatic carbocycles. The molecule has 1 saturated carbocycles. The van der Waals surface area contributed by atoms with Gasteiger partial charge in [-0.25, -0.2) is 9.97 Å². The van der Waals surface area contributed by atoms with E-state index in [-0.39, 0.29) is 0 Å². The summed E-state index contributed by atoms with van der Waals surface area (Å²) in [4.78, 5) is 8.58. The highest BCUT2D eigenvalue weighted by atomic mass is 35.5. The number of halogens is 1. The number of nitrogens with zero attached hydrogens (tertiary/aromatic N) is 2. The maximum Gasteiger partial charge on any atom is 0.224 e. The highest BCUT2D eigenvalue weighted by Crippen LogP contribution is 2.51. The highest BCUT2D eigenvalue weighted by molar-refractivity contribution is 6.28. The van der Waals surface area contributed by atoms with E-state index in [0.717, 1.165) is 23.3 Å². The Balaban J connectivity index is 1.88. The predicted octanol–water partition coefficient (Wildman–Crippen LogP) is 4.13. The van der Waals surface area contributed by atoms with Gasteiger partial charge >= 0.3 is 0 Å². The molecule has 1 N–H and O–H groups in total. The van der Waals surface area contributed by atoms with Crippen molar-refractivity contribution in [3.05, 3.63) is 29.5 Å². The van der Waals surface area contributed by atoms with Gasteiger partial charge in [-0.15, -0.1) is 0 Å². The molecule has 4 heteroatoms. The van der Waals surface area contributed by atoms with Crippen LogP contribution in [0.4, 0.5) is 5.82 Å². The Morgan fingerprint density at radius 2 is 2.00 bits per heavy atom. The van der Waals surface area contributed by atoms with E-state index in [1.54, 1.807) is 0 Å². The van der Waals surface area contributed by atoms with Crippen LogP contribution in [0.2, 0.25) is 5.28 Å². The first kappa shape index (κ1) is 12.7. The number of aromatic nitrogens is 2. The van der Waals surface area contributed by atoms with Gasteiger partial charge in [0, 0.05) is 11.9 Å². The smallest absolute Gasteiger partial charge is 0.224 e. The van der Waals surface area contributed by atoms with Crippen molar-refractivity contribution < 1.29 is 0 Å². The SMILES string of the molecule is CC(C)C1(CNc2nc(Cl)nc3ccccc23)CC1. The molecule has 1 aromatic carbocycles. The van der Waals surface area contributed by atoms with Gasteiger partial charge < -0.3 is 5.32 Å². The van der Waals surface area contributed by atoms with Crippen LogP contribution in [0.15, 0.2) is 24.3 Å². The summed E-state index contributed by atoms with van der Waals surface area (Å²) in [6.45, 7) is 5.54. The summed E-state index contributed by atoms with van der Waals surface area (Å²) in [7, 11) is 0. The van der Waals surface area contributed by atoms with Gasteiger partial charge in [-0.2, -0.15) is 0 Å². The molecular formula is C15H18ClN3. The summed E-state index contributed by atoms with van der Waals surface area (Å²) in [6, 6.07) is 7.96. The number of rotatable bonds is 4. The lowest BCUT2D eigenvalue weighted by Gasteiger charge is -2.20. The van der Waals surface area contributed by atoms with E-state index >= 15 is 0 Å². The molecule has 1 aromatic heterocycles. The predicted molar refractivity (Wildman–Crippen MR) is 79.5 cm³/mol. The van der Waals surface area contributed by atoms with E-state index in [0.29, 0.717) is 16.6 Å². The zero-order valence-electron chi connectivity index (χ0n) is 11.3. The van der Waals surface area contributed by atoms with Gasteiger partial charge in [-0.05, 0) is 47.9 Å². The summed E-state index contributed by atoms with van der Waals surface area (Å²) < 4.78 is 0. The average Bonchev–Trinajstić information content (AvgIpc) is 3.17. The summed E-state index contributed by atoms with van der Waals surface area (Å²) in [6.07, 6.45) is 2.60. The molecule has 3 rings (SSSR count). The topological polar surface area (TPSA) is 37.8 Å². The van der Waals surface area contributed by atoms with E-state index < -0.39 is 0 Å². The number of anilines is 1. The van der Waals surface area contributed by atoms with E-state index in [9.17, 15) is 0 Å². The first-order valence-corrected chi connectivity index (χ1v) is 7.15. The molecule has 0 aliphatic heterocycles. The fourth-order valence-corrected chi connectivity index (χ4v) is 2.74. The third-order valence-electron chi connectivity index (χ3n) is 4.30. The fraction of sp³-hybridized carbons (Fsp3) is 0.467. The van der Waals surface area contributed by atoms with Crippen LogP contribution >= 0.6 is 11.6 Å². The van der Waals surface area contributed by atoms with E-state index in [4.69, 9.17) is 11.6 Å². The van der Waals surface area contributed by atoms with E-state index in [2.05, 4.69) is 29.1 Å². The second-order valence-electron chi connectivity index (χ2n) is 5.73. The maximum absolute atomic E-state index is 5.99. The number of nitrogens with one attached hydrogen (secondary N) is 1. The Morgan fingerprint density at radius 3 is 2.68 bits per heavy atom. The van der Waals surface area contributed by atoms with Crippen LogP contribution in [0.25, 0.3) is 10.9 Å². The van der Waals surface area contributed by atoms with Crippen molar-refractivity contribution in [1.82, 2.24) is 9.97 Å². The lowest BCUT2D eigenvalue weighted by Crippen LogP contribution is -2.21. The standard InChI is InChI=1S/C15H18ClN3/c1-10(2)15(7-8-15)9-17-13-11-5-3-4-6-12(11)18-14(16)19-13/h3-6,10H,7-9H2,1-2H3,(H,17,18,19). The summed E-state index contributed by atoms with van der Waals surface area (Å²) in [5.74, 6) is 1.55. The maximum atomic E-state index is 5.99. The minimum absolute atomic E-state index is 0.301. The Labute approximate surface area is 118 Å². The van der Waals surface area contributed by atoms with Crippen molar-refractivity contribution in [2.75, 3.05) is 11.9 Å². The van der Waals surface area contributed by atoms with Gasteiger partial charge in [-0.3, -0.25) is 0 Å². The third kappa shape index (κ3) is 2.39. The van der Waals surface area contributed by atoms with Crippen molar-refractivity contribution in [2.45, 2.75) is 26.7 Å². The summed E-state index contributed by atoms with van der Waals surface area (Å²) in [5.41, 5.74) is 1.33. The van der Waals surface area contributed by atoms with Crippen LogP contribution in [0.3, 0.4) is 0 Å². The Bertz CT molecular complexity index is 605. The lowest BCUT2D eigenvalue weighted by atomic mass is 9.92. The van der Waals surface area contributed by atoms with Crippen LogP contribution < -0.4 is 5.32 Å². The van der Waals surface area contributed by atoms with E-state index in [1.807, 2.05) is 24.3 Å². The number of hydrogen-bond acceptors (Lipinski definition) is 3. The minimum atomic E-state index is 0.301. The van der Waals surface area contributed by atoms with Crippen molar-refractivity contribution in [2.24, 2.45) is 11.3 Å². The quantitative estimate of drug-likeness (QED) is 0.853. The Hall–Kier alpha value is -1.35. The summed E-state index contributed by atoms with van der Waals surface area (Å²) >= 11 is 5.99.